The molecule has 20 heavy (non-hydrogen) atoms. The second-order valence-corrected chi connectivity index (χ2v) is 5.80. The number of rotatable bonds is 2. The molecule has 1 aromatic carbocycles. The van der Waals surface area contributed by atoms with Gasteiger partial charge in [0.15, 0.2) is 0 Å². The van der Waals surface area contributed by atoms with Crippen LogP contribution < -0.4 is 10.2 Å². The van der Waals surface area contributed by atoms with Gasteiger partial charge in [-0.3, -0.25) is 4.98 Å². The summed E-state index contributed by atoms with van der Waals surface area (Å²) in [5.74, 6) is 1.67. The lowest BCUT2D eigenvalue weighted by Gasteiger charge is -2.22. The summed E-state index contributed by atoms with van der Waals surface area (Å²) in [5.41, 5.74) is 1.94. The fourth-order valence-electron chi connectivity index (χ4n) is 2.79. The van der Waals surface area contributed by atoms with Gasteiger partial charge < -0.3 is 10.2 Å². The lowest BCUT2D eigenvalue weighted by Crippen LogP contribution is -2.34. The van der Waals surface area contributed by atoms with Gasteiger partial charge >= 0.3 is 0 Å². The highest BCUT2D eigenvalue weighted by atomic mass is 15.2. The van der Waals surface area contributed by atoms with Crippen LogP contribution in [0, 0.1) is 5.92 Å². The summed E-state index contributed by atoms with van der Waals surface area (Å²) in [6.07, 6.45) is 3.06. The summed E-state index contributed by atoms with van der Waals surface area (Å²) in [5, 5.41) is 3.63. The summed E-state index contributed by atoms with van der Waals surface area (Å²) >= 11 is 0. The largest absolute Gasteiger partial charge is 0.354 e. The third-order valence-corrected chi connectivity index (χ3v) is 4.06. The van der Waals surface area contributed by atoms with Crippen LogP contribution in [0.5, 0.6) is 0 Å². The highest BCUT2D eigenvalue weighted by Crippen LogP contribution is 2.18. The molecular weight excluding hydrogens is 248 g/mol. The molecule has 1 N–H and O–H groups in total. The molecule has 1 aromatic heterocycles. The molecule has 1 atom stereocenters. The molecule has 106 valence electrons. The molecular formula is C16H22N4. The Morgan fingerprint density at radius 3 is 2.80 bits per heavy atom. The number of nitrogens with zero attached hydrogens (tertiary/aromatic N) is 3. The van der Waals surface area contributed by atoms with Crippen molar-refractivity contribution in [2.75, 3.05) is 24.5 Å². The van der Waals surface area contributed by atoms with Gasteiger partial charge in [-0.1, -0.05) is 26.0 Å². The van der Waals surface area contributed by atoms with E-state index in [0.717, 1.165) is 42.9 Å². The van der Waals surface area contributed by atoms with E-state index in [9.17, 15) is 0 Å². The van der Waals surface area contributed by atoms with Crippen molar-refractivity contribution in [3.63, 3.8) is 0 Å². The van der Waals surface area contributed by atoms with E-state index in [-0.39, 0.29) is 0 Å². The Kier molecular flexibility index (Phi) is 3.83. The molecule has 3 rings (SSSR count). The topological polar surface area (TPSA) is 41.1 Å². The number of benzene rings is 1. The third-order valence-electron chi connectivity index (χ3n) is 4.06. The summed E-state index contributed by atoms with van der Waals surface area (Å²) in [4.78, 5) is 11.6. The molecule has 1 aliphatic heterocycles. The third kappa shape index (κ3) is 2.75. The van der Waals surface area contributed by atoms with Gasteiger partial charge in [-0.15, -0.1) is 0 Å². The van der Waals surface area contributed by atoms with E-state index < -0.39 is 0 Å². The lowest BCUT2D eigenvalue weighted by atomic mass is 10.0. The second-order valence-electron chi connectivity index (χ2n) is 5.80. The number of fused-ring (bicyclic) bond motifs is 1. The van der Waals surface area contributed by atoms with E-state index in [1.165, 1.54) is 0 Å². The van der Waals surface area contributed by atoms with Gasteiger partial charge in [0, 0.05) is 25.7 Å². The molecule has 1 fully saturated rings. The van der Waals surface area contributed by atoms with Crippen molar-refractivity contribution < 1.29 is 0 Å². The highest BCUT2D eigenvalue weighted by molar-refractivity contribution is 5.75. The first-order chi connectivity index (χ1) is 9.74. The number of nitrogens with one attached hydrogen (secondary N) is 1. The van der Waals surface area contributed by atoms with Gasteiger partial charge in [-0.2, -0.15) is 0 Å². The zero-order valence-corrected chi connectivity index (χ0v) is 12.2. The molecule has 4 nitrogen and oxygen atoms in total. The molecule has 0 amide bonds. The Morgan fingerprint density at radius 2 is 2.00 bits per heavy atom. The number of hydrogen-bond acceptors (Lipinski definition) is 4. The minimum atomic E-state index is 0.605. The fourth-order valence-corrected chi connectivity index (χ4v) is 2.79. The monoisotopic (exact) mass is 270 g/mol. The Morgan fingerprint density at radius 1 is 1.20 bits per heavy atom. The minimum absolute atomic E-state index is 0.605. The first-order valence-corrected chi connectivity index (χ1v) is 7.44. The van der Waals surface area contributed by atoms with Crippen LogP contribution in [0.1, 0.15) is 20.3 Å². The predicted octanol–water partition coefficient (Wildman–Crippen LogP) is 2.45. The van der Waals surface area contributed by atoms with Crippen LogP contribution in [0.25, 0.3) is 11.0 Å². The summed E-state index contributed by atoms with van der Waals surface area (Å²) in [6, 6.07) is 8.65. The summed E-state index contributed by atoms with van der Waals surface area (Å²) < 4.78 is 0. The maximum absolute atomic E-state index is 4.75. The Balaban J connectivity index is 1.80. The van der Waals surface area contributed by atoms with Crippen molar-refractivity contribution >= 4 is 16.9 Å². The van der Waals surface area contributed by atoms with E-state index in [4.69, 9.17) is 4.98 Å². The average Bonchev–Trinajstić information content (AvgIpc) is 2.73. The molecule has 2 heterocycles. The maximum Gasteiger partial charge on any atom is 0.147 e. The van der Waals surface area contributed by atoms with Gasteiger partial charge in [-0.25, -0.2) is 4.98 Å². The van der Waals surface area contributed by atoms with Crippen molar-refractivity contribution in [2.24, 2.45) is 5.92 Å². The first-order valence-electron chi connectivity index (χ1n) is 7.44. The highest BCUT2D eigenvalue weighted by Gasteiger charge is 2.19. The lowest BCUT2D eigenvalue weighted by molar-refractivity contribution is 0.403. The quantitative estimate of drug-likeness (QED) is 0.910. The van der Waals surface area contributed by atoms with Crippen LogP contribution in [-0.4, -0.2) is 35.6 Å². The van der Waals surface area contributed by atoms with Crippen molar-refractivity contribution in [1.29, 1.82) is 0 Å². The summed E-state index contributed by atoms with van der Waals surface area (Å²) in [6.45, 7) is 7.61. The van der Waals surface area contributed by atoms with E-state index in [2.05, 4.69) is 29.0 Å². The molecule has 0 saturated carbocycles. The summed E-state index contributed by atoms with van der Waals surface area (Å²) in [7, 11) is 0. The van der Waals surface area contributed by atoms with E-state index >= 15 is 0 Å². The number of anilines is 1. The minimum Gasteiger partial charge on any atom is -0.354 e. The zero-order valence-electron chi connectivity index (χ0n) is 12.2. The van der Waals surface area contributed by atoms with E-state index in [1.54, 1.807) is 0 Å². The SMILES string of the molecule is CC(C)[C@H]1CCN(c2cnc3ccccc3n2)CCN1. The standard InChI is InChI=1S/C16H22N4/c1-12(2)13-7-9-20(10-8-17-13)16-11-18-14-5-3-4-6-15(14)19-16/h3-6,11-13,17H,7-10H2,1-2H3/t13-/m1/s1. The molecule has 0 spiro atoms. The van der Waals surface area contributed by atoms with Crippen LogP contribution in [-0.2, 0) is 0 Å². The van der Waals surface area contributed by atoms with Gasteiger partial charge in [0.2, 0.25) is 0 Å². The first kappa shape index (κ1) is 13.3. The van der Waals surface area contributed by atoms with Crippen molar-refractivity contribution in [2.45, 2.75) is 26.3 Å². The van der Waals surface area contributed by atoms with Crippen LogP contribution in [0.4, 0.5) is 5.82 Å². The number of para-hydroxylation sites is 2. The Hall–Kier alpha value is -1.68. The van der Waals surface area contributed by atoms with Crippen molar-refractivity contribution in [3.05, 3.63) is 30.5 Å². The van der Waals surface area contributed by atoms with E-state index in [0.29, 0.717) is 12.0 Å². The average molecular weight is 270 g/mol. The maximum atomic E-state index is 4.75. The molecule has 0 bridgehead atoms. The van der Waals surface area contributed by atoms with Crippen LogP contribution in [0.15, 0.2) is 30.5 Å². The van der Waals surface area contributed by atoms with Gasteiger partial charge in [0.05, 0.1) is 17.2 Å². The van der Waals surface area contributed by atoms with Crippen LogP contribution in [0.2, 0.25) is 0 Å². The number of aromatic nitrogens is 2. The molecule has 2 aromatic rings. The normalized spacial score (nSPS) is 20.4. The van der Waals surface area contributed by atoms with Gasteiger partial charge in [0.25, 0.3) is 0 Å². The van der Waals surface area contributed by atoms with E-state index in [1.807, 2.05) is 30.5 Å². The zero-order chi connectivity index (χ0) is 13.9. The number of hydrogen-bond donors (Lipinski definition) is 1. The van der Waals surface area contributed by atoms with Gasteiger partial charge in [-0.05, 0) is 24.5 Å². The molecule has 1 saturated heterocycles. The van der Waals surface area contributed by atoms with Crippen molar-refractivity contribution in [3.8, 4) is 0 Å². The van der Waals surface area contributed by atoms with Crippen LogP contribution in [0.3, 0.4) is 0 Å². The molecule has 1 aliphatic rings. The fraction of sp³-hybridized carbons (Fsp3) is 0.500. The van der Waals surface area contributed by atoms with Crippen LogP contribution >= 0.6 is 0 Å². The molecule has 0 unspecified atom stereocenters. The van der Waals surface area contributed by atoms with Crippen molar-refractivity contribution in [1.82, 2.24) is 15.3 Å². The second kappa shape index (κ2) is 5.75. The van der Waals surface area contributed by atoms with Gasteiger partial charge in [0.1, 0.15) is 5.82 Å². The smallest absolute Gasteiger partial charge is 0.147 e. The molecule has 4 heteroatoms. The molecule has 0 radical (unpaired) electrons. The molecule has 0 aliphatic carbocycles. The predicted molar refractivity (Wildman–Crippen MR) is 83.0 cm³/mol. The Labute approximate surface area is 120 Å². The Bertz CT molecular complexity index is 581.